The van der Waals surface area contributed by atoms with Crippen LogP contribution in [0.25, 0.3) is 0 Å². The summed E-state index contributed by atoms with van der Waals surface area (Å²) in [5.74, 6) is -3.39. The number of hydrogen-bond donors (Lipinski definition) is 0. The molecule has 0 saturated heterocycles. The van der Waals surface area contributed by atoms with Crippen molar-refractivity contribution in [3.05, 3.63) is 28.5 Å². The fraction of sp³-hybridized carbons (Fsp3) is 0.308. The molecule has 1 aromatic rings. The van der Waals surface area contributed by atoms with Crippen LogP contribution >= 0.6 is 15.9 Å². The van der Waals surface area contributed by atoms with Crippen molar-refractivity contribution >= 4 is 39.3 Å². The average Bonchev–Trinajstić information content (AvgIpc) is 2.48. The predicted molar refractivity (Wildman–Crippen MR) is 76.1 cm³/mol. The maximum absolute atomic E-state index is 13.6. The van der Waals surface area contributed by atoms with Crippen LogP contribution in [0.3, 0.4) is 0 Å². The highest BCUT2D eigenvalue weighted by Crippen LogP contribution is 2.22. The molecule has 22 heavy (non-hydrogen) atoms. The molecule has 7 nitrogen and oxygen atoms in total. The van der Waals surface area contributed by atoms with Crippen molar-refractivity contribution in [2.24, 2.45) is 10.2 Å². The number of methoxy groups -OCH3 is 2. The van der Waals surface area contributed by atoms with E-state index in [2.05, 4.69) is 35.6 Å². The van der Waals surface area contributed by atoms with Gasteiger partial charge in [-0.25, -0.2) is 9.18 Å². The molecule has 0 saturated carbocycles. The Morgan fingerprint density at radius 3 is 2.50 bits per heavy atom. The molecule has 1 unspecified atom stereocenters. The lowest BCUT2D eigenvalue weighted by atomic mass is 10.1. The molecule has 1 rings (SSSR count). The van der Waals surface area contributed by atoms with Gasteiger partial charge in [0.1, 0.15) is 12.1 Å². The van der Waals surface area contributed by atoms with Gasteiger partial charge in [0.25, 0.3) is 0 Å². The van der Waals surface area contributed by atoms with Crippen LogP contribution in [0.5, 0.6) is 0 Å². The van der Waals surface area contributed by atoms with Crippen molar-refractivity contribution in [2.75, 3.05) is 14.2 Å². The Bertz CT molecular complexity index is 620. The largest absolute Gasteiger partial charge is 0.469 e. The number of benzene rings is 1. The van der Waals surface area contributed by atoms with Crippen LogP contribution in [-0.2, 0) is 23.9 Å². The SMILES string of the molecule is COC(=O)CC(=O)C(N=Nc1ccc(Br)cc1F)C(=O)OC. The number of halogens is 2. The van der Waals surface area contributed by atoms with Gasteiger partial charge in [0, 0.05) is 4.47 Å². The van der Waals surface area contributed by atoms with E-state index in [0.717, 1.165) is 20.3 Å². The summed E-state index contributed by atoms with van der Waals surface area (Å²) in [6, 6.07) is 2.31. The van der Waals surface area contributed by atoms with E-state index in [1.807, 2.05) is 0 Å². The number of esters is 2. The third-order valence-electron chi connectivity index (χ3n) is 2.47. The smallest absolute Gasteiger partial charge is 0.340 e. The van der Waals surface area contributed by atoms with Crippen LogP contribution in [0.1, 0.15) is 6.42 Å². The number of azo groups is 1. The van der Waals surface area contributed by atoms with Crippen LogP contribution in [0.4, 0.5) is 10.1 Å². The fourth-order valence-electron chi connectivity index (χ4n) is 1.35. The zero-order valence-electron chi connectivity index (χ0n) is 11.7. The van der Waals surface area contributed by atoms with E-state index in [9.17, 15) is 18.8 Å². The Kier molecular flexibility index (Phi) is 6.77. The number of nitrogens with zero attached hydrogens (tertiary/aromatic N) is 2. The quantitative estimate of drug-likeness (QED) is 0.432. The molecule has 0 N–H and O–H groups in total. The first-order valence-electron chi connectivity index (χ1n) is 5.92. The second kappa shape index (κ2) is 8.32. The molecule has 0 aliphatic carbocycles. The third-order valence-corrected chi connectivity index (χ3v) is 2.96. The van der Waals surface area contributed by atoms with Crippen LogP contribution < -0.4 is 0 Å². The van der Waals surface area contributed by atoms with Gasteiger partial charge in [0.2, 0.25) is 6.04 Å². The fourth-order valence-corrected chi connectivity index (χ4v) is 1.68. The molecule has 0 heterocycles. The Morgan fingerprint density at radius 1 is 1.27 bits per heavy atom. The molecule has 0 aliphatic rings. The van der Waals surface area contributed by atoms with Gasteiger partial charge in [0.05, 0.1) is 14.2 Å². The first kappa shape index (κ1) is 17.9. The summed E-state index contributed by atoms with van der Waals surface area (Å²) in [7, 11) is 2.15. The van der Waals surface area contributed by atoms with Gasteiger partial charge in [-0.15, -0.1) is 0 Å². The lowest BCUT2D eigenvalue weighted by molar-refractivity contribution is -0.148. The Labute approximate surface area is 133 Å². The van der Waals surface area contributed by atoms with Crippen molar-refractivity contribution < 1.29 is 28.2 Å². The van der Waals surface area contributed by atoms with E-state index in [4.69, 9.17) is 0 Å². The van der Waals surface area contributed by atoms with E-state index >= 15 is 0 Å². The van der Waals surface area contributed by atoms with E-state index in [-0.39, 0.29) is 5.69 Å². The topological polar surface area (TPSA) is 94.4 Å². The molecule has 0 spiro atoms. The standard InChI is InChI=1S/C13H12BrFN2O5/c1-21-11(19)6-10(18)12(13(20)22-2)17-16-9-4-3-7(14)5-8(9)15/h3-5,12H,6H2,1-2H3. The third kappa shape index (κ3) is 4.99. The number of carbonyl (C=O) groups excluding carboxylic acids is 3. The zero-order valence-corrected chi connectivity index (χ0v) is 13.3. The second-order valence-corrected chi connectivity index (χ2v) is 4.87. The molecule has 0 aliphatic heterocycles. The molecule has 0 radical (unpaired) electrons. The van der Waals surface area contributed by atoms with Crippen LogP contribution in [0.2, 0.25) is 0 Å². The number of rotatable bonds is 6. The Balaban J connectivity index is 2.98. The monoisotopic (exact) mass is 374 g/mol. The van der Waals surface area contributed by atoms with E-state index in [1.54, 1.807) is 0 Å². The van der Waals surface area contributed by atoms with Crippen molar-refractivity contribution in [3.63, 3.8) is 0 Å². The summed E-state index contributed by atoms with van der Waals surface area (Å²) in [4.78, 5) is 34.4. The summed E-state index contributed by atoms with van der Waals surface area (Å²) in [6.45, 7) is 0. The maximum atomic E-state index is 13.6. The molecular weight excluding hydrogens is 363 g/mol. The van der Waals surface area contributed by atoms with Gasteiger partial charge in [-0.1, -0.05) is 15.9 Å². The molecule has 0 aromatic heterocycles. The van der Waals surface area contributed by atoms with Crippen LogP contribution in [0, 0.1) is 5.82 Å². The minimum atomic E-state index is -1.66. The summed E-state index contributed by atoms with van der Waals surface area (Å²) in [5.41, 5.74) is -0.164. The van der Waals surface area contributed by atoms with Gasteiger partial charge in [-0.2, -0.15) is 10.2 Å². The van der Waals surface area contributed by atoms with Gasteiger partial charge in [0.15, 0.2) is 11.6 Å². The van der Waals surface area contributed by atoms with Gasteiger partial charge in [-0.3, -0.25) is 9.59 Å². The Hall–Kier alpha value is -2.16. The summed E-state index contributed by atoms with van der Waals surface area (Å²) < 4.78 is 22.8. The van der Waals surface area contributed by atoms with Crippen molar-refractivity contribution in [2.45, 2.75) is 12.5 Å². The van der Waals surface area contributed by atoms with E-state index < -0.39 is 36.0 Å². The van der Waals surface area contributed by atoms with Crippen LogP contribution in [0.15, 0.2) is 32.9 Å². The molecule has 118 valence electrons. The van der Waals surface area contributed by atoms with Gasteiger partial charge >= 0.3 is 11.9 Å². The van der Waals surface area contributed by atoms with Crippen molar-refractivity contribution in [1.29, 1.82) is 0 Å². The van der Waals surface area contributed by atoms with Gasteiger partial charge in [-0.05, 0) is 18.2 Å². The number of ketones is 1. The summed E-state index contributed by atoms with van der Waals surface area (Å²) >= 11 is 3.08. The minimum Gasteiger partial charge on any atom is -0.469 e. The molecule has 1 aromatic carbocycles. The summed E-state index contributed by atoms with van der Waals surface area (Å²) in [5, 5.41) is 7.01. The molecule has 9 heteroatoms. The number of ether oxygens (including phenoxy) is 2. The lowest BCUT2D eigenvalue weighted by Gasteiger charge is -2.07. The van der Waals surface area contributed by atoms with E-state index in [1.165, 1.54) is 12.1 Å². The number of hydrogen-bond acceptors (Lipinski definition) is 7. The molecule has 1 atom stereocenters. The normalized spacial score (nSPS) is 12.0. The van der Waals surface area contributed by atoms with Gasteiger partial charge < -0.3 is 9.47 Å². The van der Waals surface area contributed by atoms with Crippen LogP contribution in [-0.4, -0.2) is 38.0 Å². The number of carbonyl (C=O) groups is 3. The average molecular weight is 375 g/mol. The molecule has 0 bridgehead atoms. The summed E-state index contributed by atoms with van der Waals surface area (Å²) in [6.07, 6.45) is -0.669. The van der Waals surface area contributed by atoms with Crippen molar-refractivity contribution in [1.82, 2.24) is 0 Å². The first-order chi connectivity index (χ1) is 10.4. The molecule has 0 fully saturated rings. The molecule has 0 amide bonds. The second-order valence-electron chi connectivity index (χ2n) is 3.96. The zero-order chi connectivity index (χ0) is 16.7. The maximum Gasteiger partial charge on any atom is 0.340 e. The van der Waals surface area contributed by atoms with E-state index in [0.29, 0.717) is 4.47 Å². The highest BCUT2D eigenvalue weighted by molar-refractivity contribution is 9.10. The highest BCUT2D eigenvalue weighted by atomic mass is 79.9. The first-order valence-corrected chi connectivity index (χ1v) is 6.71. The number of Topliss-reactive ketones (excluding diaryl/α,β-unsaturated/α-hetero) is 1. The Morgan fingerprint density at radius 2 is 1.95 bits per heavy atom. The van der Waals surface area contributed by atoms with Crippen molar-refractivity contribution in [3.8, 4) is 0 Å². The molecular formula is C13H12BrFN2O5. The lowest BCUT2D eigenvalue weighted by Crippen LogP contribution is -2.31. The predicted octanol–water partition coefficient (Wildman–Crippen LogP) is 2.35. The minimum absolute atomic E-state index is 0.164. The highest BCUT2D eigenvalue weighted by Gasteiger charge is 2.29.